The number of nitrogens with zero attached hydrogens (tertiary/aromatic N) is 9. The van der Waals surface area contributed by atoms with E-state index in [-0.39, 0.29) is 0 Å². The highest BCUT2D eigenvalue weighted by Gasteiger charge is 2.32. The number of hydrogen-bond acceptors (Lipinski definition) is 9. The Morgan fingerprint density at radius 2 is 1.63 bits per heavy atom. The van der Waals surface area contributed by atoms with E-state index in [2.05, 4.69) is 49.1 Å². The molecular formula is C30H41N9O2. The number of para-hydroxylation sites is 2. The highest BCUT2D eigenvalue weighted by atomic mass is 16.5. The fourth-order valence-corrected chi connectivity index (χ4v) is 6.65. The van der Waals surface area contributed by atoms with Crippen molar-refractivity contribution in [1.29, 1.82) is 0 Å². The van der Waals surface area contributed by atoms with Crippen LogP contribution in [0.5, 0.6) is 0 Å². The van der Waals surface area contributed by atoms with E-state index in [1.165, 1.54) is 12.8 Å². The molecule has 4 aromatic rings. The summed E-state index contributed by atoms with van der Waals surface area (Å²) < 4.78 is 9.96. The van der Waals surface area contributed by atoms with Crippen molar-refractivity contribution < 1.29 is 9.84 Å². The maximum absolute atomic E-state index is 10.5. The maximum Gasteiger partial charge on any atom is 0.241 e. The molecule has 3 fully saturated rings. The van der Waals surface area contributed by atoms with Crippen LogP contribution in [0, 0.1) is 5.92 Å². The van der Waals surface area contributed by atoms with Crippen LogP contribution in [0.15, 0.2) is 24.3 Å². The fraction of sp³-hybridized carbons (Fsp3) is 0.600. The summed E-state index contributed by atoms with van der Waals surface area (Å²) in [5, 5.41) is 10.5. The Kier molecular flexibility index (Phi) is 6.83. The summed E-state index contributed by atoms with van der Waals surface area (Å²) in [6.45, 7) is 11.4. The molecule has 3 aromatic heterocycles. The van der Waals surface area contributed by atoms with Gasteiger partial charge in [0.2, 0.25) is 11.9 Å². The SMILES string of the molecule is Cn1c(CN2CCC(C(C)(C)O)CC2)nc2c(N3CCOCC3)nc(-n3c(N4CCCC4)nc4ccccc43)nc21. The summed E-state index contributed by atoms with van der Waals surface area (Å²) in [7, 11) is 2.07. The second-order valence-corrected chi connectivity index (χ2v) is 12.3. The van der Waals surface area contributed by atoms with Crippen LogP contribution in [0.25, 0.3) is 28.1 Å². The molecule has 0 aliphatic carbocycles. The molecular weight excluding hydrogens is 518 g/mol. The van der Waals surface area contributed by atoms with Crippen molar-refractivity contribution >= 4 is 34.0 Å². The first-order valence-corrected chi connectivity index (χ1v) is 15.1. The number of ether oxygens (including phenoxy) is 1. The van der Waals surface area contributed by atoms with Gasteiger partial charge in [0.1, 0.15) is 5.82 Å². The zero-order valence-electron chi connectivity index (χ0n) is 24.5. The Hall–Kier alpha value is -3.28. The van der Waals surface area contributed by atoms with E-state index in [0.717, 1.165) is 98.4 Å². The van der Waals surface area contributed by atoms with Crippen molar-refractivity contribution in [3.63, 3.8) is 0 Å². The lowest BCUT2D eigenvalue weighted by Gasteiger charge is -2.37. The summed E-state index contributed by atoms with van der Waals surface area (Å²) in [6, 6.07) is 8.26. The topological polar surface area (TPSA) is 101 Å². The lowest BCUT2D eigenvalue weighted by molar-refractivity contribution is -0.0139. The second kappa shape index (κ2) is 10.5. The molecule has 41 heavy (non-hydrogen) atoms. The summed E-state index contributed by atoms with van der Waals surface area (Å²) in [5.74, 6) is 3.72. The predicted octanol–water partition coefficient (Wildman–Crippen LogP) is 3.12. The maximum atomic E-state index is 10.5. The van der Waals surface area contributed by atoms with E-state index in [1.807, 2.05) is 19.9 Å². The number of aliphatic hydroxyl groups is 1. The summed E-state index contributed by atoms with van der Waals surface area (Å²) >= 11 is 0. The van der Waals surface area contributed by atoms with Crippen LogP contribution in [-0.2, 0) is 18.3 Å². The van der Waals surface area contributed by atoms with Crippen molar-refractivity contribution in [3.8, 4) is 5.95 Å². The molecule has 0 radical (unpaired) electrons. The molecule has 3 saturated heterocycles. The molecule has 6 heterocycles. The number of morpholine rings is 1. The number of fused-ring (bicyclic) bond motifs is 2. The first-order valence-electron chi connectivity index (χ1n) is 15.1. The van der Waals surface area contributed by atoms with Crippen LogP contribution in [0.1, 0.15) is 45.4 Å². The summed E-state index contributed by atoms with van der Waals surface area (Å²) in [4.78, 5) is 27.7. The van der Waals surface area contributed by atoms with E-state index >= 15 is 0 Å². The summed E-state index contributed by atoms with van der Waals surface area (Å²) in [6.07, 6.45) is 4.31. The second-order valence-electron chi connectivity index (χ2n) is 12.3. The molecule has 0 atom stereocenters. The number of benzene rings is 1. The zero-order valence-corrected chi connectivity index (χ0v) is 24.5. The molecule has 3 aliphatic heterocycles. The van der Waals surface area contributed by atoms with Gasteiger partial charge in [-0.05, 0) is 70.7 Å². The van der Waals surface area contributed by atoms with Gasteiger partial charge >= 0.3 is 0 Å². The third kappa shape index (κ3) is 4.93. The van der Waals surface area contributed by atoms with Gasteiger partial charge in [-0.15, -0.1) is 0 Å². The van der Waals surface area contributed by atoms with E-state index < -0.39 is 5.60 Å². The van der Waals surface area contributed by atoms with Gasteiger partial charge in [0.25, 0.3) is 0 Å². The van der Waals surface area contributed by atoms with Crippen molar-refractivity contribution in [3.05, 3.63) is 30.1 Å². The number of aryl methyl sites for hydroxylation is 1. The fourth-order valence-electron chi connectivity index (χ4n) is 6.65. The first-order chi connectivity index (χ1) is 19.9. The molecule has 0 unspecified atom stereocenters. The Morgan fingerprint density at radius 3 is 2.37 bits per heavy atom. The van der Waals surface area contributed by atoms with E-state index in [9.17, 15) is 5.11 Å². The molecule has 11 heteroatoms. The normalized spacial score (nSPS) is 19.7. The number of hydrogen-bond donors (Lipinski definition) is 1. The molecule has 0 spiro atoms. The van der Waals surface area contributed by atoms with Gasteiger partial charge in [-0.25, -0.2) is 14.5 Å². The standard InChI is InChI=1S/C30H41N9O2/c1-30(2,40)21-10-14-36(15-11-21)20-24-32-25-26(35(24)3)33-28(34-27(25)37-16-18-41-19-17-37)39-23-9-5-4-8-22(23)31-29(39)38-12-6-7-13-38/h4-5,8-9,21,40H,6-7,10-20H2,1-3H3. The molecule has 7 rings (SSSR count). The van der Waals surface area contributed by atoms with Gasteiger partial charge in [0.05, 0.1) is 36.4 Å². The quantitative estimate of drug-likeness (QED) is 0.382. The Labute approximate surface area is 240 Å². The number of aromatic nitrogens is 6. The lowest BCUT2D eigenvalue weighted by Crippen LogP contribution is -2.41. The van der Waals surface area contributed by atoms with Gasteiger partial charge in [0, 0.05) is 33.2 Å². The minimum atomic E-state index is -0.630. The van der Waals surface area contributed by atoms with Gasteiger partial charge in [-0.2, -0.15) is 9.97 Å². The molecule has 0 amide bonds. The molecule has 218 valence electrons. The van der Waals surface area contributed by atoms with Crippen LogP contribution >= 0.6 is 0 Å². The summed E-state index contributed by atoms with van der Waals surface area (Å²) in [5.41, 5.74) is 3.01. The monoisotopic (exact) mass is 559 g/mol. The third-order valence-electron chi connectivity index (χ3n) is 9.18. The van der Waals surface area contributed by atoms with E-state index in [1.54, 1.807) is 0 Å². The highest BCUT2D eigenvalue weighted by Crippen LogP contribution is 2.33. The molecule has 1 aromatic carbocycles. The molecule has 11 nitrogen and oxygen atoms in total. The Morgan fingerprint density at radius 1 is 0.902 bits per heavy atom. The number of likely N-dealkylation sites (tertiary alicyclic amines) is 1. The lowest BCUT2D eigenvalue weighted by atomic mass is 9.83. The van der Waals surface area contributed by atoms with Gasteiger partial charge < -0.3 is 24.2 Å². The Balaban J connectivity index is 1.31. The number of imidazole rings is 2. The molecule has 3 aliphatic rings. The minimum absolute atomic E-state index is 0.329. The average Bonchev–Trinajstić information content (AvgIpc) is 3.71. The van der Waals surface area contributed by atoms with Crippen molar-refractivity contribution in [2.24, 2.45) is 13.0 Å². The van der Waals surface area contributed by atoms with Gasteiger partial charge in [-0.1, -0.05) is 12.1 Å². The van der Waals surface area contributed by atoms with Crippen LogP contribution in [-0.4, -0.2) is 97.2 Å². The van der Waals surface area contributed by atoms with Crippen LogP contribution in [0.3, 0.4) is 0 Å². The van der Waals surface area contributed by atoms with Crippen molar-refractivity contribution in [1.82, 2.24) is 34.0 Å². The van der Waals surface area contributed by atoms with Gasteiger partial charge in [0.15, 0.2) is 17.0 Å². The number of piperidine rings is 1. The average molecular weight is 560 g/mol. The molecule has 0 saturated carbocycles. The highest BCUT2D eigenvalue weighted by molar-refractivity contribution is 5.86. The van der Waals surface area contributed by atoms with Crippen molar-refractivity contribution in [2.45, 2.75) is 51.7 Å². The van der Waals surface area contributed by atoms with Crippen LogP contribution < -0.4 is 9.80 Å². The zero-order chi connectivity index (χ0) is 28.1. The van der Waals surface area contributed by atoms with Crippen LogP contribution in [0.4, 0.5) is 11.8 Å². The molecule has 1 N–H and O–H groups in total. The van der Waals surface area contributed by atoms with E-state index in [4.69, 9.17) is 24.7 Å². The third-order valence-corrected chi connectivity index (χ3v) is 9.18. The van der Waals surface area contributed by atoms with E-state index in [0.29, 0.717) is 25.1 Å². The number of anilines is 2. The molecule has 0 bridgehead atoms. The smallest absolute Gasteiger partial charge is 0.241 e. The first kappa shape index (κ1) is 26.6. The van der Waals surface area contributed by atoms with Crippen molar-refractivity contribution in [2.75, 3.05) is 62.3 Å². The largest absolute Gasteiger partial charge is 0.390 e. The van der Waals surface area contributed by atoms with Gasteiger partial charge in [-0.3, -0.25) is 4.90 Å². The number of rotatable bonds is 6. The Bertz CT molecular complexity index is 1540. The van der Waals surface area contributed by atoms with Crippen LogP contribution in [0.2, 0.25) is 0 Å². The minimum Gasteiger partial charge on any atom is -0.390 e. The predicted molar refractivity (Wildman–Crippen MR) is 160 cm³/mol.